The van der Waals surface area contributed by atoms with Gasteiger partial charge in [0.2, 0.25) is 5.71 Å². The standard InChI is InChI=1S/C16H13ClN2O5/c1-8-12(16(21)22)13-14(24-8)18-7-19(15(13)20)6-9-5-10(17)3-4-11(9)23-2/h3-5,7H,6H2,1-2H3,(H,21,22). The fourth-order valence-corrected chi connectivity index (χ4v) is 2.76. The molecule has 0 saturated carbocycles. The smallest absolute Gasteiger partial charge is 0.340 e. The van der Waals surface area contributed by atoms with Crippen LogP contribution in [0.5, 0.6) is 5.75 Å². The summed E-state index contributed by atoms with van der Waals surface area (Å²) < 4.78 is 11.8. The highest BCUT2D eigenvalue weighted by Gasteiger charge is 2.22. The first-order chi connectivity index (χ1) is 11.4. The Kier molecular flexibility index (Phi) is 4.02. The number of carboxylic acids is 1. The summed E-state index contributed by atoms with van der Waals surface area (Å²) in [6, 6.07) is 5.05. The largest absolute Gasteiger partial charge is 0.496 e. The zero-order chi connectivity index (χ0) is 17.4. The van der Waals surface area contributed by atoms with E-state index in [4.69, 9.17) is 20.8 Å². The highest BCUT2D eigenvalue weighted by atomic mass is 35.5. The number of halogens is 1. The second-order valence-electron chi connectivity index (χ2n) is 5.15. The van der Waals surface area contributed by atoms with Gasteiger partial charge in [0.05, 0.1) is 13.7 Å². The molecule has 24 heavy (non-hydrogen) atoms. The summed E-state index contributed by atoms with van der Waals surface area (Å²) in [4.78, 5) is 28.1. The van der Waals surface area contributed by atoms with E-state index >= 15 is 0 Å². The van der Waals surface area contributed by atoms with E-state index in [1.54, 1.807) is 18.2 Å². The third kappa shape index (κ3) is 2.63. The molecular weight excluding hydrogens is 336 g/mol. The lowest BCUT2D eigenvalue weighted by Gasteiger charge is -2.10. The van der Waals surface area contributed by atoms with Crippen molar-refractivity contribution >= 4 is 28.7 Å². The fourth-order valence-electron chi connectivity index (χ4n) is 2.56. The number of rotatable bonds is 4. The van der Waals surface area contributed by atoms with E-state index in [-0.39, 0.29) is 29.0 Å². The van der Waals surface area contributed by atoms with Gasteiger partial charge in [-0.1, -0.05) is 11.6 Å². The molecule has 0 aliphatic heterocycles. The van der Waals surface area contributed by atoms with Crippen LogP contribution in [0.15, 0.2) is 33.7 Å². The number of fused-ring (bicyclic) bond motifs is 1. The molecule has 2 heterocycles. The molecule has 0 radical (unpaired) electrons. The van der Waals surface area contributed by atoms with Crippen LogP contribution < -0.4 is 10.3 Å². The predicted molar refractivity (Wildman–Crippen MR) is 87.1 cm³/mol. The number of aromatic nitrogens is 2. The molecule has 1 N–H and O–H groups in total. The Bertz CT molecular complexity index is 1010. The number of aromatic carboxylic acids is 1. The van der Waals surface area contributed by atoms with Gasteiger partial charge in [-0.2, -0.15) is 0 Å². The molecule has 0 aliphatic carbocycles. The lowest BCUT2D eigenvalue weighted by Crippen LogP contribution is -2.22. The zero-order valence-electron chi connectivity index (χ0n) is 12.9. The van der Waals surface area contributed by atoms with E-state index in [1.807, 2.05) is 0 Å². The average Bonchev–Trinajstić information content (AvgIpc) is 2.87. The maximum atomic E-state index is 12.7. The molecule has 0 amide bonds. The maximum Gasteiger partial charge on any atom is 0.340 e. The fraction of sp³-hybridized carbons (Fsp3) is 0.188. The van der Waals surface area contributed by atoms with Crippen LogP contribution in [-0.2, 0) is 6.54 Å². The summed E-state index contributed by atoms with van der Waals surface area (Å²) >= 11 is 5.99. The number of hydrogen-bond acceptors (Lipinski definition) is 5. The number of benzene rings is 1. The third-order valence-electron chi connectivity index (χ3n) is 3.65. The topological polar surface area (TPSA) is 94.6 Å². The number of aryl methyl sites for hydroxylation is 1. The molecule has 7 nitrogen and oxygen atoms in total. The van der Waals surface area contributed by atoms with Crippen molar-refractivity contribution in [2.75, 3.05) is 7.11 Å². The summed E-state index contributed by atoms with van der Waals surface area (Å²) in [6.07, 6.45) is 1.31. The summed E-state index contributed by atoms with van der Waals surface area (Å²) in [5.41, 5.74) is 0.000684. The molecule has 124 valence electrons. The molecule has 0 fully saturated rings. The minimum atomic E-state index is -1.23. The van der Waals surface area contributed by atoms with Gasteiger partial charge in [0, 0.05) is 10.6 Å². The molecule has 0 unspecified atom stereocenters. The van der Waals surface area contributed by atoms with E-state index in [9.17, 15) is 14.7 Å². The van der Waals surface area contributed by atoms with E-state index in [0.717, 1.165) is 0 Å². The van der Waals surface area contributed by atoms with Gasteiger partial charge in [-0.3, -0.25) is 9.36 Å². The number of hydrogen-bond donors (Lipinski definition) is 1. The molecule has 0 spiro atoms. The Hall–Kier alpha value is -2.80. The molecule has 0 saturated heterocycles. The van der Waals surface area contributed by atoms with Crippen molar-refractivity contribution in [3.63, 3.8) is 0 Å². The monoisotopic (exact) mass is 348 g/mol. The van der Waals surface area contributed by atoms with Crippen molar-refractivity contribution in [1.29, 1.82) is 0 Å². The number of ether oxygens (including phenoxy) is 1. The van der Waals surface area contributed by atoms with Crippen molar-refractivity contribution in [3.05, 3.63) is 56.8 Å². The molecule has 0 atom stereocenters. The lowest BCUT2D eigenvalue weighted by atomic mass is 10.2. The summed E-state index contributed by atoms with van der Waals surface area (Å²) in [5, 5.41) is 9.75. The zero-order valence-corrected chi connectivity index (χ0v) is 13.6. The SMILES string of the molecule is COc1ccc(Cl)cc1Cn1cnc2oc(C)c(C(=O)O)c2c1=O. The molecule has 1 aromatic carbocycles. The first-order valence-electron chi connectivity index (χ1n) is 6.96. The van der Waals surface area contributed by atoms with Gasteiger partial charge < -0.3 is 14.3 Å². The van der Waals surface area contributed by atoms with E-state index in [0.29, 0.717) is 16.3 Å². The van der Waals surface area contributed by atoms with Crippen LogP contribution in [0, 0.1) is 6.92 Å². The summed E-state index contributed by atoms with van der Waals surface area (Å²) in [5.74, 6) is -0.531. The Morgan fingerprint density at radius 1 is 1.46 bits per heavy atom. The molecule has 3 rings (SSSR count). The Balaban J connectivity index is 2.17. The molecule has 3 aromatic rings. The van der Waals surface area contributed by atoms with Crippen LogP contribution in [0.1, 0.15) is 21.7 Å². The highest BCUT2D eigenvalue weighted by molar-refractivity contribution is 6.30. The van der Waals surface area contributed by atoms with Gasteiger partial charge >= 0.3 is 5.97 Å². The van der Waals surface area contributed by atoms with Crippen molar-refractivity contribution in [2.24, 2.45) is 0 Å². The average molecular weight is 349 g/mol. The third-order valence-corrected chi connectivity index (χ3v) is 3.89. The van der Waals surface area contributed by atoms with Crippen LogP contribution in [-0.4, -0.2) is 27.7 Å². The first-order valence-corrected chi connectivity index (χ1v) is 7.34. The molecule has 0 aliphatic rings. The number of nitrogens with zero attached hydrogens (tertiary/aromatic N) is 2. The minimum Gasteiger partial charge on any atom is -0.496 e. The lowest BCUT2D eigenvalue weighted by molar-refractivity contribution is 0.0697. The van der Waals surface area contributed by atoms with Crippen LogP contribution in [0.2, 0.25) is 5.02 Å². The van der Waals surface area contributed by atoms with Gasteiger partial charge in [0.25, 0.3) is 5.56 Å². The van der Waals surface area contributed by atoms with E-state index in [1.165, 1.54) is 24.9 Å². The molecular formula is C16H13ClN2O5. The van der Waals surface area contributed by atoms with Crippen molar-refractivity contribution in [2.45, 2.75) is 13.5 Å². The van der Waals surface area contributed by atoms with E-state index < -0.39 is 11.5 Å². The van der Waals surface area contributed by atoms with Gasteiger partial charge in [-0.25, -0.2) is 9.78 Å². The number of carboxylic acid groups (broad SMARTS) is 1. The summed E-state index contributed by atoms with van der Waals surface area (Å²) in [7, 11) is 1.51. The second-order valence-corrected chi connectivity index (χ2v) is 5.59. The Morgan fingerprint density at radius 2 is 2.21 bits per heavy atom. The molecule has 2 aromatic heterocycles. The minimum absolute atomic E-state index is 0.00390. The van der Waals surface area contributed by atoms with Crippen LogP contribution >= 0.6 is 11.6 Å². The van der Waals surface area contributed by atoms with Gasteiger partial charge in [0.15, 0.2) is 0 Å². The van der Waals surface area contributed by atoms with Gasteiger partial charge in [-0.15, -0.1) is 0 Å². The number of methoxy groups -OCH3 is 1. The van der Waals surface area contributed by atoms with Crippen molar-refractivity contribution in [3.8, 4) is 5.75 Å². The van der Waals surface area contributed by atoms with Crippen LogP contribution in [0.4, 0.5) is 0 Å². The highest BCUT2D eigenvalue weighted by Crippen LogP contribution is 2.24. The Morgan fingerprint density at radius 3 is 2.88 bits per heavy atom. The normalized spacial score (nSPS) is 11.0. The predicted octanol–water partition coefficient (Wildman–Crippen LogP) is 2.71. The van der Waals surface area contributed by atoms with Crippen molar-refractivity contribution in [1.82, 2.24) is 9.55 Å². The molecule has 8 heteroatoms. The summed E-state index contributed by atoms with van der Waals surface area (Å²) in [6.45, 7) is 1.61. The first kappa shape index (κ1) is 16.1. The van der Waals surface area contributed by atoms with Crippen molar-refractivity contribution < 1.29 is 19.1 Å². The van der Waals surface area contributed by atoms with Crippen LogP contribution in [0.3, 0.4) is 0 Å². The second kappa shape index (κ2) is 6.01. The number of carbonyl (C=O) groups is 1. The van der Waals surface area contributed by atoms with Crippen LogP contribution in [0.25, 0.3) is 11.1 Å². The van der Waals surface area contributed by atoms with E-state index in [2.05, 4.69) is 4.98 Å². The quantitative estimate of drug-likeness (QED) is 0.779. The molecule has 0 bridgehead atoms. The Labute approximate surface area is 141 Å². The van der Waals surface area contributed by atoms with Gasteiger partial charge in [-0.05, 0) is 25.1 Å². The number of furan rings is 1. The van der Waals surface area contributed by atoms with Gasteiger partial charge in [0.1, 0.15) is 28.8 Å². The maximum absolute atomic E-state index is 12.7.